The molecule has 2 saturated heterocycles. The van der Waals surface area contributed by atoms with E-state index in [2.05, 4.69) is 19.7 Å². The zero-order valence-electron chi connectivity index (χ0n) is 17.0. The lowest BCUT2D eigenvalue weighted by molar-refractivity contribution is 0.0635. The Morgan fingerprint density at radius 3 is 2.10 bits per heavy atom. The first kappa shape index (κ1) is 19.0. The van der Waals surface area contributed by atoms with Gasteiger partial charge in [0.05, 0.1) is 11.1 Å². The number of benzene rings is 1. The van der Waals surface area contributed by atoms with Crippen LogP contribution >= 0.6 is 0 Å². The summed E-state index contributed by atoms with van der Waals surface area (Å²) in [6.07, 6.45) is 4.27. The summed E-state index contributed by atoms with van der Waals surface area (Å²) < 4.78 is 0. The number of nitrogens with zero attached hydrogens (tertiary/aromatic N) is 6. The molecule has 8 heteroatoms. The molecule has 0 spiro atoms. The quantitative estimate of drug-likeness (QED) is 0.697. The number of carbonyl (C=O) groups excluding carboxylic acids is 2. The predicted octanol–water partition coefficient (Wildman–Crippen LogP) is 1.49. The monoisotopic (exact) mass is 406 g/mol. The summed E-state index contributed by atoms with van der Waals surface area (Å²) in [5, 5.41) is 0. The molecule has 0 bridgehead atoms. The van der Waals surface area contributed by atoms with Gasteiger partial charge in [0, 0.05) is 58.6 Å². The van der Waals surface area contributed by atoms with Crippen LogP contribution in [0.25, 0.3) is 0 Å². The van der Waals surface area contributed by atoms with Crippen LogP contribution in [0.1, 0.15) is 33.6 Å². The number of anilines is 2. The molecule has 2 amide bonds. The van der Waals surface area contributed by atoms with Crippen molar-refractivity contribution in [1.82, 2.24) is 19.8 Å². The molecule has 0 unspecified atom stereocenters. The Bertz CT molecular complexity index is 915. The molecule has 2 fully saturated rings. The Hall–Kier alpha value is -3.00. The lowest BCUT2D eigenvalue weighted by atomic mass is 10.1. The molecule has 0 N–H and O–H groups in total. The van der Waals surface area contributed by atoms with Crippen molar-refractivity contribution in [2.45, 2.75) is 12.8 Å². The number of amides is 2. The smallest absolute Gasteiger partial charge is 0.261 e. The molecule has 5 rings (SSSR count). The van der Waals surface area contributed by atoms with Gasteiger partial charge in [-0.2, -0.15) is 4.98 Å². The molecule has 8 nitrogen and oxygen atoms in total. The van der Waals surface area contributed by atoms with Crippen LogP contribution in [0.5, 0.6) is 0 Å². The molecule has 3 aliphatic heterocycles. The fourth-order valence-corrected chi connectivity index (χ4v) is 4.47. The van der Waals surface area contributed by atoms with E-state index in [0.717, 1.165) is 51.0 Å². The number of aromatic nitrogens is 2. The summed E-state index contributed by atoms with van der Waals surface area (Å²) in [5.41, 5.74) is 1.04. The molecule has 30 heavy (non-hydrogen) atoms. The maximum absolute atomic E-state index is 12.5. The molecule has 156 valence electrons. The molecule has 1 aromatic carbocycles. The summed E-state index contributed by atoms with van der Waals surface area (Å²) in [6, 6.07) is 9.04. The second kappa shape index (κ2) is 8.02. The van der Waals surface area contributed by atoms with Gasteiger partial charge in [0.15, 0.2) is 0 Å². The first-order chi connectivity index (χ1) is 14.7. The first-order valence-corrected chi connectivity index (χ1v) is 10.7. The highest BCUT2D eigenvalue weighted by Gasteiger charge is 2.35. The highest BCUT2D eigenvalue weighted by molar-refractivity contribution is 6.21. The Kier molecular flexibility index (Phi) is 5.08. The molecule has 0 saturated carbocycles. The zero-order chi connectivity index (χ0) is 20.5. The zero-order valence-corrected chi connectivity index (χ0v) is 17.0. The maximum Gasteiger partial charge on any atom is 0.261 e. The molecule has 1 aromatic heterocycles. The number of imide groups is 1. The van der Waals surface area contributed by atoms with Gasteiger partial charge in [0.25, 0.3) is 11.8 Å². The van der Waals surface area contributed by atoms with E-state index in [1.165, 1.54) is 17.7 Å². The van der Waals surface area contributed by atoms with Crippen molar-refractivity contribution >= 4 is 23.6 Å². The SMILES string of the molecule is O=C1c2ccccc2C(=O)N1CCN1CCN(c2ccnc(N3CCCC3)n2)CC1. The normalized spacial score (nSPS) is 19.7. The Morgan fingerprint density at radius 1 is 0.767 bits per heavy atom. The highest BCUT2D eigenvalue weighted by Crippen LogP contribution is 2.23. The van der Waals surface area contributed by atoms with Gasteiger partial charge in [-0.1, -0.05) is 12.1 Å². The lowest BCUT2D eigenvalue weighted by Gasteiger charge is -2.36. The van der Waals surface area contributed by atoms with Crippen molar-refractivity contribution in [3.05, 3.63) is 47.7 Å². The average Bonchev–Trinajstić information content (AvgIpc) is 3.41. The number of hydrogen-bond donors (Lipinski definition) is 0. The van der Waals surface area contributed by atoms with Gasteiger partial charge in [-0.05, 0) is 31.0 Å². The van der Waals surface area contributed by atoms with E-state index in [1.807, 2.05) is 12.3 Å². The van der Waals surface area contributed by atoms with E-state index in [1.54, 1.807) is 24.3 Å². The third-order valence-corrected chi connectivity index (χ3v) is 6.23. The topological polar surface area (TPSA) is 72.9 Å². The average molecular weight is 406 g/mol. The Labute approximate surface area is 176 Å². The van der Waals surface area contributed by atoms with Crippen molar-refractivity contribution in [3.8, 4) is 0 Å². The van der Waals surface area contributed by atoms with Crippen LogP contribution < -0.4 is 9.80 Å². The molecular formula is C22H26N6O2. The summed E-state index contributed by atoms with van der Waals surface area (Å²) in [5.74, 6) is 1.46. The Balaban J connectivity index is 1.15. The Morgan fingerprint density at radius 2 is 1.43 bits per heavy atom. The predicted molar refractivity (Wildman–Crippen MR) is 114 cm³/mol. The minimum Gasteiger partial charge on any atom is -0.354 e. The van der Waals surface area contributed by atoms with Crippen LogP contribution in [0.3, 0.4) is 0 Å². The van der Waals surface area contributed by atoms with Crippen molar-refractivity contribution < 1.29 is 9.59 Å². The molecule has 3 aliphatic rings. The number of piperazine rings is 1. The number of carbonyl (C=O) groups is 2. The highest BCUT2D eigenvalue weighted by atomic mass is 16.2. The van der Waals surface area contributed by atoms with Crippen LogP contribution in [0.2, 0.25) is 0 Å². The molecule has 4 heterocycles. The van der Waals surface area contributed by atoms with E-state index < -0.39 is 0 Å². The van der Waals surface area contributed by atoms with Gasteiger partial charge in [-0.25, -0.2) is 4.98 Å². The molecule has 0 radical (unpaired) electrons. The third-order valence-electron chi connectivity index (χ3n) is 6.23. The van der Waals surface area contributed by atoms with E-state index in [-0.39, 0.29) is 11.8 Å². The molecule has 0 aliphatic carbocycles. The van der Waals surface area contributed by atoms with Crippen LogP contribution in [-0.2, 0) is 0 Å². The van der Waals surface area contributed by atoms with Crippen LogP contribution in [0.15, 0.2) is 36.5 Å². The molecule has 2 aromatic rings. The van der Waals surface area contributed by atoms with Crippen LogP contribution in [0.4, 0.5) is 11.8 Å². The minimum atomic E-state index is -0.176. The fraction of sp³-hybridized carbons (Fsp3) is 0.455. The molecule has 0 atom stereocenters. The number of hydrogen-bond acceptors (Lipinski definition) is 7. The molecular weight excluding hydrogens is 380 g/mol. The van der Waals surface area contributed by atoms with Crippen molar-refractivity contribution in [1.29, 1.82) is 0 Å². The van der Waals surface area contributed by atoms with Crippen LogP contribution in [-0.4, -0.2) is 83.9 Å². The van der Waals surface area contributed by atoms with E-state index in [4.69, 9.17) is 4.98 Å². The first-order valence-electron chi connectivity index (χ1n) is 10.7. The van der Waals surface area contributed by atoms with E-state index in [9.17, 15) is 9.59 Å². The van der Waals surface area contributed by atoms with Crippen molar-refractivity contribution in [2.24, 2.45) is 0 Å². The van der Waals surface area contributed by atoms with Gasteiger partial charge in [0.2, 0.25) is 5.95 Å². The van der Waals surface area contributed by atoms with Gasteiger partial charge >= 0.3 is 0 Å². The minimum absolute atomic E-state index is 0.176. The third kappa shape index (κ3) is 3.52. The van der Waals surface area contributed by atoms with E-state index in [0.29, 0.717) is 24.2 Å². The summed E-state index contributed by atoms with van der Waals surface area (Å²) >= 11 is 0. The van der Waals surface area contributed by atoms with Gasteiger partial charge < -0.3 is 9.80 Å². The maximum atomic E-state index is 12.5. The lowest BCUT2D eigenvalue weighted by Crippen LogP contribution is -2.49. The number of fused-ring (bicyclic) bond motifs is 1. The van der Waals surface area contributed by atoms with Gasteiger partial charge in [-0.15, -0.1) is 0 Å². The second-order valence-electron chi connectivity index (χ2n) is 8.05. The fourth-order valence-electron chi connectivity index (χ4n) is 4.47. The van der Waals surface area contributed by atoms with Gasteiger partial charge in [0.1, 0.15) is 5.82 Å². The van der Waals surface area contributed by atoms with Crippen molar-refractivity contribution in [3.63, 3.8) is 0 Å². The van der Waals surface area contributed by atoms with Crippen LogP contribution in [0, 0.1) is 0 Å². The van der Waals surface area contributed by atoms with E-state index >= 15 is 0 Å². The van der Waals surface area contributed by atoms with Gasteiger partial charge in [-0.3, -0.25) is 19.4 Å². The van der Waals surface area contributed by atoms with Crippen molar-refractivity contribution in [2.75, 3.05) is 62.2 Å². The summed E-state index contributed by atoms with van der Waals surface area (Å²) in [4.78, 5) is 42.5. The summed E-state index contributed by atoms with van der Waals surface area (Å²) in [6.45, 7) is 6.71. The number of rotatable bonds is 5. The largest absolute Gasteiger partial charge is 0.354 e. The second-order valence-corrected chi connectivity index (χ2v) is 8.05. The summed E-state index contributed by atoms with van der Waals surface area (Å²) in [7, 11) is 0. The standard InChI is InChI=1S/C22H26N6O2/c29-20-17-5-1-2-6-18(17)21(30)28(20)16-13-25-11-14-26(15-12-25)19-7-8-23-22(24-19)27-9-3-4-10-27/h1-2,5-8H,3-4,9-16H2.